The molecule has 0 bridgehead atoms. The summed E-state index contributed by atoms with van der Waals surface area (Å²) in [6, 6.07) is 6.97. The van der Waals surface area contributed by atoms with Crippen LogP contribution in [0, 0.1) is 17.3 Å². The van der Waals surface area contributed by atoms with Crippen LogP contribution in [-0.4, -0.2) is 29.5 Å². The van der Waals surface area contributed by atoms with Gasteiger partial charge in [0.05, 0.1) is 12.6 Å². The lowest BCUT2D eigenvalue weighted by atomic mass is 10.2. The van der Waals surface area contributed by atoms with Crippen molar-refractivity contribution in [3.63, 3.8) is 0 Å². The summed E-state index contributed by atoms with van der Waals surface area (Å²) < 4.78 is 12.8. The van der Waals surface area contributed by atoms with Crippen molar-refractivity contribution >= 4 is 0 Å². The largest absolute Gasteiger partial charge is 0.291 e. The van der Waals surface area contributed by atoms with Crippen LogP contribution in [0.25, 0.3) is 0 Å². The Balaban J connectivity index is 2.32. The number of nitriles is 1. The van der Waals surface area contributed by atoms with Crippen LogP contribution in [0.2, 0.25) is 0 Å². The lowest BCUT2D eigenvalue weighted by Gasteiger charge is -2.15. The highest BCUT2D eigenvalue weighted by atomic mass is 19.1. The topological polar surface area (TPSA) is 39.9 Å². The molecule has 0 unspecified atom stereocenters. The fourth-order valence-corrected chi connectivity index (χ4v) is 1.52. The molecule has 16 heavy (non-hydrogen) atoms. The molecule has 0 amide bonds. The van der Waals surface area contributed by atoms with Crippen LogP contribution in [0.5, 0.6) is 0 Å². The van der Waals surface area contributed by atoms with Gasteiger partial charge in [-0.15, -0.1) is 0 Å². The SMILES string of the molecule is CCN(CC#N)CCCc1cccc(F)n1. The number of hydrogen-bond donors (Lipinski definition) is 0. The van der Waals surface area contributed by atoms with Crippen LogP contribution in [0.15, 0.2) is 18.2 Å². The van der Waals surface area contributed by atoms with Gasteiger partial charge in [-0.1, -0.05) is 13.0 Å². The van der Waals surface area contributed by atoms with Gasteiger partial charge in [0.25, 0.3) is 0 Å². The molecule has 1 aromatic heterocycles. The molecule has 1 aromatic rings. The third-order valence-electron chi connectivity index (χ3n) is 2.42. The fraction of sp³-hybridized carbons (Fsp3) is 0.500. The summed E-state index contributed by atoms with van der Waals surface area (Å²) in [5.74, 6) is -0.429. The van der Waals surface area contributed by atoms with Gasteiger partial charge < -0.3 is 0 Å². The Hall–Kier alpha value is -1.47. The molecule has 0 aliphatic heterocycles. The summed E-state index contributed by atoms with van der Waals surface area (Å²) in [7, 11) is 0. The van der Waals surface area contributed by atoms with Gasteiger partial charge in [0.2, 0.25) is 5.95 Å². The van der Waals surface area contributed by atoms with E-state index in [1.807, 2.05) is 13.0 Å². The Morgan fingerprint density at radius 2 is 2.31 bits per heavy atom. The first-order chi connectivity index (χ1) is 7.76. The van der Waals surface area contributed by atoms with E-state index >= 15 is 0 Å². The van der Waals surface area contributed by atoms with Crippen molar-refractivity contribution in [1.29, 1.82) is 5.26 Å². The van der Waals surface area contributed by atoms with E-state index in [1.165, 1.54) is 6.07 Å². The first kappa shape index (κ1) is 12.6. The Labute approximate surface area is 95.5 Å². The minimum atomic E-state index is -0.429. The van der Waals surface area contributed by atoms with Gasteiger partial charge >= 0.3 is 0 Å². The molecule has 86 valence electrons. The van der Waals surface area contributed by atoms with Gasteiger partial charge in [0.15, 0.2) is 0 Å². The fourth-order valence-electron chi connectivity index (χ4n) is 1.52. The van der Waals surface area contributed by atoms with E-state index in [0.29, 0.717) is 6.54 Å². The minimum Gasteiger partial charge on any atom is -0.291 e. The normalized spacial score (nSPS) is 10.4. The zero-order valence-corrected chi connectivity index (χ0v) is 9.49. The van der Waals surface area contributed by atoms with Gasteiger partial charge in [-0.05, 0) is 38.1 Å². The molecular formula is C12H16FN3. The predicted octanol–water partition coefficient (Wildman–Crippen LogP) is 2.00. The van der Waals surface area contributed by atoms with Crippen molar-refractivity contribution in [2.24, 2.45) is 0 Å². The first-order valence-corrected chi connectivity index (χ1v) is 5.47. The molecule has 0 aliphatic carbocycles. The van der Waals surface area contributed by atoms with Gasteiger partial charge in [-0.25, -0.2) is 4.98 Å². The van der Waals surface area contributed by atoms with Gasteiger partial charge in [-0.2, -0.15) is 9.65 Å². The average molecular weight is 221 g/mol. The van der Waals surface area contributed by atoms with Gasteiger partial charge in [0, 0.05) is 5.69 Å². The summed E-state index contributed by atoms with van der Waals surface area (Å²) in [5, 5.41) is 8.57. The lowest BCUT2D eigenvalue weighted by molar-refractivity contribution is 0.317. The summed E-state index contributed by atoms with van der Waals surface area (Å²) in [6.45, 7) is 4.19. The standard InChI is InChI=1S/C12H16FN3/c1-2-16(10-8-14)9-4-6-11-5-3-7-12(13)15-11/h3,5,7H,2,4,6,9-10H2,1H3. The smallest absolute Gasteiger partial charge is 0.213 e. The quantitative estimate of drug-likeness (QED) is 0.545. The Morgan fingerprint density at radius 3 is 2.94 bits per heavy atom. The van der Waals surface area contributed by atoms with E-state index in [2.05, 4.69) is 16.0 Å². The third kappa shape index (κ3) is 4.37. The molecule has 3 nitrogen and oxygen atoms in total. The monoisotopic (exact) mass is 221 g/mol. The zero-order valence-electron chi connectivity index (χ0n) is 9.49. The number of halogens is 1. The minimum absolute atomic E-state index is 0.429. The second-order valence-electron chi connectivity index (χ2n) is 3.58. The Bertz CT molecular complexity index is 360. The van der Waals surface area contributed by atoms with Crippen LogP contribution >= 0.6 is 0 Å². The highest BCUT2D eigenvalue weighted by Gasteiger charge is 2.02. The van der Waals surface area contributed by atoms with E-state index in [9.17, 15) is 4.39 Å². The molecule has 1 rings (SSSR count). The van der Waals surface area contributed by atoms with Gasteiger partial charge in [-0.3, -0.25) is 4.90 Å². The molecule has 0 saturated carbocycles. The lowest BCUT2D eigenvalue weighted by Crippen LogP contribution is -2.25. The number of aromatic nitrogens is 1. The van der Waals surface area contributed by atoms with Crippen LogP contribution in [0.4, 0.5) is 4.39 Å². The molecule has 1 heterocycles. The number of pyridine rings is 1. The maximum Gasteiger partial charge on any atom is 0.213 e. The molecule has 0 aliphatic rings. The van der Waals surface area contributed by atoms with E-state index < -0.39 is 5.95 Å². The van der Waals surface area contributed by atoms with Crippen molar-refractivity contribution in [3.8, 4) is 6.07 Å². The highest BCUT2D eigenvalue weighted by molar-refractivity contribution is 5.04. The van der Waals surface area contributed by atoms with E-state index in [-0.39, 0.29) is 0 Å². The average Bonchev–Trinajstić information content (AvgIpc) is 2.28. The molecule has 0 spiro atoms. The molecule has 0 saturated heterocycles. The first-order valence-electron chi connectivity index (χ1n) is 5.47. The Morgan fingerprint density at radius 1 is 1.50 bits per heavy atom. The zero-order chi connectivity index (χ0) is 11.8. The summed E-state index contributed by atoms with van der Waals surface area (Å²) in [6.07, 6.45) is 1.64. The van der Waals surface area contributed by atoms with E-state index in [0.717, 1.165) is 31.6 Å². The van der Waals surface area contributed by atoms with Crippen molar-refractivity contribution in [3.05, 3.63) is 29.8 Å². The van der Waals surface area contributed by atoms with E-state index in [1.54, 1.807) is 6.07 Å². The number of aryl methyl sites for hydroxylation is 1. The van der Waals surface area contributed by atoms with Crippen LogP contribution in [0.1, 0.15) is 19.0 Å². The molecule has 0 fully saturated rings. The predicted molar refractivity (Wildman–Crippen MR) is 60.2 cm³/mol. The molecule has 0 aromatic carbocycles. The summed E-state index contributed by atoms with van der Waals surface area (Å²) >= 11 is 0. The van der Waals surface area contributed by atoms with Crippen LogP contribution in [0.3, 0.4) is 0 Å². The highest BCUT2D eigenvalue weighted by Crippen LogP contribution is 2.02. The van der Waals surface area contributed by atoms with Gasteiger partial charge in [0.1, 0.15) is 0 Å². The van der Waals surface area contributed by atoms with E-state index in [4.69, 9.17) is 5.26 Å². The van der Waals surface area contributed by atoms with Crippen molar-refractivity contribution < 1.29 is 4.39 Å². The molecule has 0 radical (unpaired) electrons. The van der Waals surface area contributed by atoms with Crippen molar-refractivity contribution in [2.45, 2.75) is 19.8 Å². The molecular weight excluding hydrogens is 205 g/mol. The molecule has 4 heteroatoms. The second kappa shape index (κ2) is 6.91. The van der Waals surface area contributed by atoms with Crippen molar-refractivity contribution in [2.75, 3.05) is 19.6 Å². The maximum absolute atomic E-state index is 12.8. The number of nitrogens with zero attached hydrogens (tertiary/aromatic N) is 3. The number of rotatable bonds is 6. The number of hydrogen-bond acceptors (Lipinski definition) is 3. The maximum atomic E-state index is 12.8. The van der Waals surface area contributed by atoms with Crippen LogP contribution < -0.4 is 0 Å². The Kier molecular flexibility index (Phi) is 5.44. The van der Waals surface area contributed by atoms with Crippen molar-refractivity contribution in [1.82, 2.24) is 9.88 Å². The third-order valence-corrected chi connectivity index (χ3v) is 2.42. The van der Waals surface area contributed by atoms with Crippen LogP contribution in [-0.2, 0) is 6.42 Å². The molecule has 0 atom stereocenters. The molecule has 0 N–H and O–H groups in total. The summed E-state index contributed by atoms with van der Waals surface area (Å²) in [4.78, 5) is 5.85. The summed E-state index contributed by atoms with van der Waals surface area (Å²) in [5.41, 5.74) is 0.771. The second-order valence-corrected chi connectivity index (χ2v) is 3.58.